The van der Waals surface area contributed by atoms with Crippen molar-refractivity contribution in [1.29, 1.82) is 0 Å². The molecular weight excluding hydrogens is 292 g/mol. The number of thioether (sulfide) groups is 1. The molecule has 0 unspecified atom stereocenters. The maximum Gasteiger partial charge on any atom is 0.255 e. The summed E-state index contributed by atoms with van der Waals surface area (Å²) >= 11 is 7.56. The molecule has 0 radical (unpaired) electrons. The second-order valence-corrected chi connectivity index (χ2v) is 5.55. The highest BCUT2D eigenvalue weighted by atomic mass is 35.5. The zero-order valence-electron chi connectivity index (χ0n) is 11.0. The van der Waals surface area contributed by atoms with Crippen LogP contribution in [0.2, 0.25) is 5.02 Å². The predicted molar refractivity (Wildman–Crippen MR) is 85.5 cm³/mol. The average Bonchev–Trinajstić information content (AvgIpc) is 2.46. The Morgan fingerprint density at radius 1 is 1.30 bits per heavy atom. The largest absolute Gasteiger partial charge is 0.326 e. The Labute approximate surface area is 127 Å². The number of carbonyl (C=O) groups is 1. The normalized spacial score (nSPS) is 10.3. The van der Waals surface area contributed by atoms with Gasteiger partial charge in [0.1, 0.15) is 0 Å². The molecular formula is C15H15ClN2OS. The van der Waals surface area contributed by atoms with Gasteiger partial charge in [0.25, 0.3) is 5.91 Å². The summed E-state index contributed by atoms with van der Waals surface area (Å²) in [6, 6.07) is 12.8. The van der Waals surface area contributed by atoms with Gasteiger partial charge in [0, 0.05) is 27.7 Å². The Balaban J connectivity index is 2.21. The minimum atomic E-state index is -0.183. The first-order valence-electron chi connectivity index (χ1n) is 6.07. The summed E-state index contributed by atoms with van der Waals surface area (Å²) in [6.07, 6.45) is 1.94. The molecule has 20 heavy (non-hydrogen) atoms. The van der Waals surface area contributed by atoms with Gasteiger partial charge < -0.3 is 11.1 Å². The van der Waals surface area contributed by atoms with Crippen LogP contribution in [0.1, 0.15) is 15.9 Å². The highest BCUT2D eigenvalue weighted by Gasteiger charge is 2.09. The highest BCUT2D eigenvalue weighted by molar-refractivity contribution is 7.98. The van der Waals surface area contributed by atoms with Crippen molar-refractivity contribution in [2.45, 2.75) is 11.4 Å². The van der Waals surface area contributed by atoms with E-state index in [-0.39, 0.29) is 5.91 Å². The van der Waals surface area contributed by atoms with E-state index >= 15 is 0 Å². The van der Waals surface area contributed by atoms with Crippen LogP contribution in [0.25, 0.3) is 0 Å². The molecule has 5 heteroatoms. The molecule has 0 aromatic heterocycles. The number of halogens is 1. The fourth-order valence-corrected chi connectivity index (χ4v) is 2.58. The molecule has 0 bridgehead atoms. The molecule has 2 rings (SSSR count). The smallest absolute Gasteiger partial charge is 0.255 e. The average molecular weight is 307 g/mol. The van der Waals surface area contributed by atoms with Gasteiger partial charge in [0.2, 0.25) is 0 Å². The fourth-order valence-electron chi connectivity index (χ4n) is 1.79. The molecule has 0 fully saturated rings. The van der Waals surface area contributed by atoms with Crippen LogP contribution >= 0.6 is 23.4 Å². The molecule has 0 saturated heterocycles. The summed E-state index contributed by atoms with van der Waals surface area (Å²) in [4.78, 5) is 13.2. The standard InChI is InChI=1S/C15H15ClN2OS/c1-20-14-7-11(6-12(16)8-14)15(19)18-13-4-2-3-10(5-13)9-17/h2-8H,9,17H2,1H3,(H,18,19). The van der Waals surface area contributed by atoms with Gasteiger partial charge in [-0.1, -0.05) is 23.7 Å². The van der Waals surface area contributed by atoms with Crippen molar-refractivity contribution >= 4 is 35.0 Å². The van der Waals surface area contributed by atoms with E-state index in [0.29, 0.717) is 17.1 Å². The first-order valence-corrected chi connectivity index (χ1v) is 7.67. The lowest BCUT2D eigenvalue weighted by Crippen LogP contribution is -2.12. The van der Waals surface area contributed by atoms with Gasteiger partial charge in [-0.3, -0.25) is 4.79 Å². The van der Waals surface area contributed by atoms with Gasteiger partial charge >= 0.3 is 0 Å². The zero-order chi connectivity index (χ0) is 14.5. The fraction of sp³-hybridized carbons (Fsp3) is 0.133. The molecule has 1 amide bonds. The van der Waals surface area contributed by atoms with Crippen LogP contribution in [-0.2, 0) is 6.54 Å². The Hall–Kier alpha value is -1.49. The third kappa shape index (κ3) is 3.76. The molecule has 0 heterocycles. The van der Waals surface area contributed by atoms with Crippen molar-refractivity contribution in [2.75, 3.05) is 11.6 Å². The van der Waals surface area contributed by atoms with Crippen molar-refractivity contribution in [1.82, 2.24) is 0 Å². The van der Waals surface area contributed by atoms with Crippen LogP contribution in [0.15, 0.2) is 47.4 Å². The van der Waals surface area contributed by atoms with E-state index in [4.69, 9.17) is 17.3 Å². The second-order valence-electron chi connectivity index (χ2n) is 4.24. The van der Waals surface area contributed by atoms with E-state index in [2.05, 4.69) is 5.32 Å². The van der Waals surface area contributed by atoms with Crippen LogP contribution < -0.4 is 11.1 Å². The van der Waals surface area contributed by atoms with E-state index in [1.165, 1.54) is 0 Å². The van der Waals surface area contributed by atoms with Crippen molar-refractivity contribution in [3.63, 3.8) is 0 Å². The number of anilines is 1. The minimum absolute atomic E-state index is 0.183. The number of nitrogens with one attached hydrogen (secondary N) is 1. The van der Waals surface area contributed by atoms with Crippen molar-refractivity contribution in [3.05, 3.63) is 58.6 Å². The Kier molecular flexibility index (Phi) is 5.06. The lowest BCUT2D eigenvalue weighted by Gasteiger charge is -2.08. The number of rotatable bonds is 4. The molecule has 0 aliphatic heterocycles. The Morgan fingerprint density at radius 3 is 2.80 bits per heavy atom. The predicted octanol–water partition coefficient (Wildman–Crippen LogP) is 3.77. The lowest BCUT2D eigenvalue weighted by atomic mass is 10.1. The first kappa shape index (κ1) is 14.9. The molecule has 0 saturated carbocycles. The number of hydrogen-bond donors (Lipinski definition) is 2. The molecule has 104 valence electrons. The SMILES string of the molecule is CSc1cc(Cl)cc(C(=O)Nc2cccc(CN)c2)c1. The number of benzene rings is 2. The highest BCUT2D eigenvalue weighted by Crippen LogP contribution is 2.23. The van der Waals surface area contributed by atoms with Gasteiger partial charge in [0.15, 0.2) is 0 Å². The molecule has 0 atom stereocenters. The monoisotopic (exact) mass is 306 g/mol. The van der Waals surface area contributed by atoms with Crippen molar-refractivity contribution < 1.29 is 4.79 Å². The first-order chi connectivity index (χ1) is 9.62. The maximum atomic E-state index is 12.2. The van der Waals surface area contributed by atoms with Gasteiger partial charge in [-0.15, -0.1) is 11.8 Å². The summed E-state index contributed by atoms with van der Waals surface area (Å²) in [5.74, 6) is -0.183. The van der Waals surface area contributed by atoms with E-state index < -0.39 is 0 Å². The van der Waals surface area contributed by atoms with Crippen LogP contribution in [0.5, 0.6) is 0 Å². The van der Waals surface area contributed by atoms with Gasteiger partial charge in [-0.25, -0.2) is 0 Å². The topological polar surface area (TPSA) is 55.1 Å². The summed E-state index contributed by atoms with van der Waals surface area (Å²) in [5, 5.41) is 3.40. The lowest BCUT2D eigenvalue weighted by molar-refractivity contribution is 0.102. The molecule has 0 aliphatic rings. The quantitative estimate of drug-likeness (QED) is 0.845. The van der Waals surface area contributed by atoms with Crippen LogP contribution in [0.3, 0.4) is 0 Å². The van der Waals surface area contributed by atoms with Gasteiger partial charge in [-0.2, -0.15) is 0 Å². The van der Waals surface area contributed by atoms with E-state index in [1.807, 2.05) is 42.7 Å². The van der Waals surface area contributed by atoms with E-state index in [0.717, 1.165) is 16.1 Å². The van der Waals surface area contributed by atoms with Crippen molar-refractivity contribution in [2.24, 2.45) is 5.73 Å². The number of carbonyl (C=O) groups excluding carboxylic acids is 1. The van der Waals surface area contributed by atoms with E-state index in [9.17, 15) is 4.79 Å². The zero-order valence-corrected chi connectivity index (χ0v) is 12.6. The molecule has 3 nitrogen and oxygen atoms in total. The molecule has 0 spiro atoms. The van der Waals surface area contributed by atoms with Crippen LogP contribution in [0, 0.1) is 0 Å². The minimum Gasteiger partial charge on any atom is -0.326 e. The number of amides is 1. The summed E-state index contributed by atoms with van der Waals surface area (Å²) in [7, 11) is 0. The van der Waals surface area contributed by atoms with Gasteiger partial charge in [-0.05, 0) is 42.2 Å². The molecule has 3 N–H and O–H groups in total. The Morgan fingerprint density at radius 2 is 2.10 bits per heavy atom. The van der Waals surface area contributed by atoms with Crippen molar-refractivity contribution in [3.8, 4) is 0 Å². The number of hydrogen-bond acceptors (Lipinski definition) is 3. The van der Waals surface area contributed by atoms with Crippen LogP contribution in [0.4, 0.5) is 5.69 Å². The maximum absolute atomic E-state index is 12.2. The molecule has 2 aromatic rings. The second kappa shape index (κ2) is 6.79. The summed E-state index contributed by atoms with van der Waals surface area (Å²) in [5.41, 5.74) is 7.82. The third-order valence-electron chi connectivity index (χ3n) is 2.79. The summed E-state index contributed by atoms with van der Waals surface area (Å²) < 4.78 is 0. The third-order valence-corrected chi connectivity index (χ3v) is 3.72. The summed E-state index contributed by atoms with van der Waals surface area (Å²) in [6.45, 7) is 0.442. The molecule has 2 aromatic carbocycles. The number of nitrogens with two attached hydrogens (primary N) is 1. The molecule has 0 aliphatic carbocycles. The van der Waals surface area contributed by atoms with Crippen LogP contribution in [-0.4, -0.2) is 12.2 Å². The van der Waals surface area contributed by atoms with E-state index in [1.54, 1.807) is 17.8 Å². The van der Waals surface area contributed by atoms with Gasteiger partial charge in [0.05, 0.1) is 0 Å². The Bertz CT molecular complexity index is 631.